The largest absolute Gasteiger partial charge is 0.371 e. The highest BCUT2D eigenvalue weighted by molar-refractivity contribution is 5.79. The van der Waals surface area contributed by atoms with E-state index in [0.717, 1.165) is 25.9 Å². The molecule has 0 bridgehead atoms. The van der Waals surface area contributed by atoms with Crippen LogP contribution in [-0.2, 0) is 4.79 Å². The number of amides is 1. The zero-order valence-electron chi connectivity index (χ0n) is 11.2. The summed E-state index contributed by atoms with van der Waals surface area (Å²) in [6.07, 6.45) is 2.09. The van der Waals surface area contributed by atoms with Crippen molar-refractivity contribution < 1.29 is 4.79 Å². The van der Waals surface area contributed by atoms with Crippen molar-refractivity contribution in [3.05, 3.63) is 30.3 Å². The van der Waals surface area contributed by atoms with Crippen molar-refractivity contribution >= 4 is 11.6 Å². The van der Waals surface area contributed by atoms with E-state index in [4.69, 9.17) is 0 Å². The summed E-state index contributed by atoms with van der Waals surface area (Å²) in [6, 6.07) is 10.6. The van der Waals surface area contributed by atoms with Crippen LogP contribution in [0.4, 0.5) is 5.69 Å². The lowest BCUT2D eigenvalue weighted by Gasteiger charge is -2.34. The molecule has 1 saturated heterocycles. The molecule has 1 aliphatic heterocycles. The average molecular weight is 246 g/mol. The first kappa shape index (κ1) is 12.9. The van der Waals surface area contributed by atoms with Gasteiger partial charge in [0.05, 0.1) is 5.92 Å². The Labute approximate surface area is 109 Å². The number of nitrogens with one attached hydrogen (secondary N) is 1. The number of hydrogen-bond acceptors (Lipinski definition) is 2. The Morgan fingerprint density at radius 1 is 1.33 bits per heavy atom. The van der Waals surface area contributed by atoms with Gasteiger partial charge in [-0.2, -0.15) is 0 Å². The first-order valence-corrected chi connectivity index (χ1v) is 6.77. The first-order valence-electron chi connectivity index (χ1n) is 6.77. The third-order valence-corrected chi connectivity index (χ3v) is 3.34. The predicted octanol–water partition coefficient (Wildman–Crippen LogP) is 2.43. The average Bonchev–Trinajstić information content (AvgIpc) is 2.39. The van der Waals surface area contributed by atoms with E-state index >= 15 is 0 Å². The molecule has 1 atom stereocenters. The summed E-state index contributed by atoms with van der Waals surface area (Å²) in [5.41, 5.74) is 1.22. The van der Waals surface area contributed by atoms with Gasteiger partial charge in [0.15, 0.2) is 0 Å². The van der Waals surface area contributed by atoms with Crippen LogP contribution >= 0.6 is 0 Å². The Bertz CT molecular complexity index is 389. The summed E-state index contributed by atoms with van der Waals surface area (Å²) in [5.74, 6) is 0.326. The molecule has 2 rings (SSSR count). The molecule has 3 nitrogen and oxygen atoms in total. The molecule has 1 heterocycles. The fourth-order valence-corrected chi connectivity index (χ4v) is 2.47. The standard InChI is InChI=1S/C15H22N2O/c1-12(2)16-15(18)13-7-6-10-17(11-13)14-8-4-3-5-9-14/h3-5,8-9,12-13H,6-7,10-11H2,1-2H3,(H,16,18). The van der Waals surface area contributed by atoms with Crippen LogP contribution in [0.3, 0.4) is 0 Å². The van der Waals surface area contributed by atoms with Gasteiger partial charge in [-0.05, 0) is 38.8 Å². The highest BCUT2D eigenvalue weighted by Crippen LogP contribution is 2.22. The number of hydrogen-bond donors (Lipinski definition) is 1. The first-order chi connectivity index (χ1) is 8.66. The van der Waals surface area contributed by atoms with Crippen molar-refractivity contribution in [3.63, 3.8) is 0 Å². The fraction of sp³-hybridized carbons (Fsp3) is 0.533. The highest BCUT2D eigenvalue weighted by atomic mass is 16.2. The Kier molecular flexibility index (Phi) is 4.24. The smallest absolute Gasteiger partial charge is 0.225 e. The van der Waals surface area contributed by atoms with Gasteiger partial charge in [-0.3, -0.25) is 4.79 Å². The van der Waals surface area contributed by atoms with Crippen LogP contribution in [0.15, 0.2) is 30.3 Å². The number of benzene rings is 1. The summed E-state index contributed by atoms with van der Waals surface area (Å²) in [7, 11) is 0. The van der Waals surface area contributed by atoms with Crippen molar-refractivity contribution in [1.29, 1.82) is 0 Å². The van der Waals surface area contributed by atoms with Gasteiger partial charge in [0.1, 0.15) is 0 Å². The number of carbonyl (C=O) groups is 1. The zero-order chi connectivity index (χ0) is 13.0. The monoisotopic (exact) mass is 246 g/mol. The lowest BCUT2D eigenvalue weighted by Crippen LogP contribution is -2.44. The van der Waals surface area contributed by atoms with Crippen molar-refractivity contribution in [3.8, 4) is 0 Å². The molecule has 0 aromatic heterocycles. The summed E-state index contributed by atoms with van der Waals surface area (Å²) >= 11 is 0. The minimum Gasteiger partial charge on any atom is -0.371 e. The van der Waals surface area contributed by atoms with Crippen molar-refractivity contribution in [2.45, 2.75) is 32.7 Å². The third kappa shape index (κ3) is 3.25. The molecule has 1 aliphatic rings. The normalized spacial score (nSPS) is 19.9. The van der Waals surface area contributed by atoms with E-state index in [1.165, 1.54) is 5.69 Å². The molecule has 18 heavy (non-hydrogen) atoms. The number of rotatable bonds is 3. The van der Waals surface area contributed by atoms with E-state index in [0.29, 0.717) is 0 Å². The van der Waals surface area contributed by atoms with Crippen molar-refractivity contribution in [2.75, 3.05) is 18.0 Å². The molecule has 1 amide bonds. The molecular weight excluding hydrogens is 224 g/mol. The van der Waals surface area contributed by atoms with E-state index in [1.54, 1.807) is 0 Å². The van der Waals surface area contributed by atoms with Gasteiger partial charge in [-0.15, -0.1) is 0 Å². The van der Waals surface area contributed by atoms with E-state index in [1.807, 2.05) is 32.0 Å². The van der Waals surface area contributed by atoms with Crippen molar-refractivity contribution in [2.24, 2.45) is 5.92 Å². The van der Waals surface area contributed by atoms with Gasteiger partial charge in [0.2, 0.25) is 5.91 Å². The van der Waals surface area contributed by atoms with Crippen LogP contribution in [0, 0.1) is 5.92 Å². The maximum absolute atomic E-state index is 12.0. The molecule has 1 fully saturated rings. The van der Waals surface area contributed by atoms with E-state index < -0.39 is 0 Å². The number of carbonyl (C=O) groups excluding carboxylic acids is 1. The predicted molar refractivity (Wildman–Crippen MR) is 74.7 cm³/mol. The Balaban J connectivity index is 1.98. The molecule has 1 N–H and O–H groups in total. The molecule has 1 aromatic carbocycles. The Morgan fingerprint density at radius 3 is 2.72 bits per heavy atom. The maximum atomic E-state index is 12.0. The maximum Gasteiger partial charge on any atom is 0.225 e. The molecule has 0 spiro atoms. The van der Waals surface area contributed by atoms with Gasteiger partial charge < -0.3 is 10.2 Å². The second kappa shape index (κ2) is 5.89. The topological polar surface area (TPSA) is 32.3 Å². The summed E-state index contributed by atoms with van der Waals surface area (Å²) in [4.78, 5) is 14.4. The van der Waals surface area contributed by atoms with E-state index in [-0.39, 0.29) is 17.9 Å². The Morgan fingerprint density at radius 2 is 2.06 bits per heavy atom. The second-order valence-corrected chi connectivity index (χ2v) is 5.28. The molecule has 0 saturated carbocycles. The summed E-state index contributed by atoms with van der Waals surface area (Å²) in [5, 5.41) is 3.02. The van der Waals surface area contributed by atoms with Crippen LogP contribution in [0.1, 0.15) is 26.7 Å². The third-order valence-electron chi connectivity index (χ3n) is 3.34. The van der Waals surface area contributed by atoms with Gasteiger partial charge in [-0.25, -0.2) is 0 Å². The minimum absolute atomic E-state index is 0.126. The highest BCUT2D eigenvalue weighted by Gasteiger charge is 2.25. The number of piperidine rings is 1. The summed E-state index contributed by atoms with van der Waals surface area (Å²) in [6.45, 7) is 5.91. The summed E-state index contributed by atoms with van der Waals surface area (Å²) < 4.78 is 0. The van der Waals surface area contributed by atoms with Gasteiger partial charge in [0.25, 0.3) is 0 Å². The van der Waals surface area contributed by atoms with E-state index in [9.17, 15) is 4.79 Å². The quantitative estimate of drug-likeness (QED) is 0.888. The number of para-hydroxylation sites is 1. The fourth-order valence-electron chi connectivity index (χ4n) is 2.47. The molecule has 3 heteroatoms. The molecule has 0 radical (unpaired) electrons. The van der Waals surface area contributed by atoms with Gasteiger partial charge >= 0.3 is 0 Å². The van der Waals surface area contributed by atoms with Crippen LogP contribution in [0.5, 0.6) is 0 Å². The molecule has 1 unspecified atom stereocenters. The van der Waals surface area contributed by atoms with Crippen LogP contribution in [0.25, 0.3) is 0 Å². The molecule has 0 aliphatic carbocycles. The van der Waals surface area contributed by atoms with Crippen LogP contribution in [0.2, 0.25) is 0 Å². The number of nitrogens with zero attached hydrogens (tertiary/aromatic N) is 1. The minimum atomic E-state index is 0.126. The lowest BCUT2D eigenvalue weighted by molar-refractivity contribution is -0.125. The number of anilines is 1. The lowest BCUT2D eigenvalue weighted by atomic mass is 9.96. The van der Waals surface area contributed by atoms with Crippen LogP contribution in [-0.4, -0.2) is 25.0 Å². The molecular formula is C15H22N2O. The SMILES string of the molecule is CC(C)NC(=O)C1CCCN(c2ccccc2)C1. The molecule has 98 valence electrons. The Hall–Kier alpha value is -1.51. The van der Waals surface area contributed by atoms with Gasteiger partial charge in [0, 0.05) is 24.8 Å². The van der Waals surface area contributed by atoms with Crippen molar-refractivity contribution in [1.82, 2.24) is 5.32 Å². The van der Waals surface area contributed by atoms with Gasteiger partial charge in [-0.1, -0.05) is 18.2 Å². The zero-order valence-corrected chi connectivity index (χ0v) is 11.2. The van der Waals surface area contributed by atoms with Crippen LogP contribution < -0.4 is 10.2 Å². The van der Waals surface area contributed by atoms with E-state index in [2.05, 4.69) is 22.3 Å². The second-order valence-electron chi connectivity index (χ2n) is 5.28. The molecule has 1 aromatic rings.